The van der Waals surface area contributed by atoms with E-state index in [2.05, 4.69) is 4.57 Å². The van der Waals surface area contributed by atoms with Crippen LogP contribution >= 0.6 is 0 Å². The molecule has 0 unspecified atom stereocenters. The number of benzene rings is 2. The van der Waals surface area contributed by atoms with Crippen molar-refractivity contribution in [3.05, 3.63) is 80.6 Å². The number of methoxy groups -OCH3 is 1. The van der Waals surface area contributed by atoms with E-state index in [0.29, 0.717) is 40.2 Å². The van der Waals surface area contributed by atoms with E-state index in [9.17, 15) is 14.7 Å². The zero-order chi connectivity index (χ0) is 24.4. The van der Waals surface area contributed by atoms with E-state index >= 15 is 0 Å². The summed E-state index contributed by atoms with van der Waals surface area (Å²) < 4.78 is 16.4. The molecule has 0 spiro atoms. The van der Waals surface area contributed by atoms with E-state index in [1.165, 1.54) is 11.6 Å². The summed E-state index contributed by atoms with van der Waals surface area (Å²) in [6, 6.07) is 14.5. The molecule has 0 fully saturated rings. The van der Waals surface area contributed by atoms with Gasteiger partial charge >= 0.3 is 5.69 Å². The molecule has 0 amide bonds. The van der Waals surface area contributed by atoms with Crippen LogP contribution in [0.3, 0.4) is 0 Å². The summed E-state index contributed by atoms with van der Waals surface area (Å²) >= 11 is 0. The number of aromatic hydroxyl groups is 1. The lowest BCUT2D eigenvalue weighted by atomic mass is 9.97. The molecular formula is C26H27N3O5. The van der Waals surface area contributed by atoms with E-state index in [0.717, 1.165) is 10.1 Å². The van der Waals surface area contributed by atoms with E-state index in [-0.39, 0.29) is 11.3 Å². The van der Waals surface area contributed by atoms with Gasteiger partial charge in [0.25, 0.3) is 5.56 Å². The SMILES string of the molecule is COc1ccc(-c2c3c(=O)n(C)c(=O)n(C)c3c3n2C(C)(C)CO[C@@H]3c2ccccc2O)cc1. The molecule has 1 atom stereocenters. The maximum atomic E-state index is 13.6. The first-order valence-corrected chi connectivity index (χ1v) is 11.1. The van der Waals surface area contributed by atoms with Crippen LogP contribution in [0.5, 0.6) is 11.5 Å². The third-order valence-corrected chi connectivity index (χ3v) is 6.65. The average Bonchev–Trinajstić information content (AvgIpc) is 3.20. The van der Waals surface area contributed by atoms with Gasteiger partial charge in [-0.05, 0) is 49.7 Å². The highest BCUT2D eigenvalue weighted by atomic mass is 16.5. The van der Waals surface area contributed by atoms with E-state index in [1.54, 1.807) is 32.4 Å². The van der Waals surface area contributed by atoms with E-state index in [4.69, 9.17) is 9.47 Å². The Morgan fingerprint density at radius 2 is 1.71 bits per heavy atom. The minimum Gasteiger partial charge on any atom is -0.508 e. The van der Waals surface area contributed by atoms with Gasteiger partial charge in [0.1, 0.15) is 17.6 Å². The Morgan fingerprint density at radius 1 is 1.03 bits per heavy atom. The number of nitrogens with zero attached hydrogens (tertiary/aromatic N) is 3. The van der Waals surface area contributed by atoms with Crippen molar-refractivity contribution in [3.8, 4) is 22.8 Å². The molecule has 34 heavy (non-hydrogen) atoms. The molecule has 0 saturated carbocycles. The van der Waals surface area contributed by atoms with Gasteiger partial charge in [-0.3, -0.25) is 13.9 Å². The molecule has 176 valence electrons. The van der Waals surface area contributed by atoms with Crippen molar-refractivity contribution < 1.29 is 14.6 Å². The van der Waals surface area contributed by atoms with Crippen LogP contribution < -0.4 is 16.0 Å². The van der Waals surface area contributed by atoms with Crippen molar-refractivity contribution >= 4 is 10.9 Å². The van der Waals surface area contributed by atoms with Crippen molar-refractivity contribution in [2.24, 2.45) is 14.1 Å². The number of para-hydroxylation sites is 1. The Balaban J connectivity index is 2.00. The summed E-state index contributed by atoms with van der Waals surface area (Å²) in [6.45, 7) is 4.41. The Bertz CT molecular complexity index is 1540. The number of aromatic nitrogens is 3. The third-order valence-electron chi connectivity index (χ3n) is 6.65. The first kappa shape index (κ1) is 22.0. The second-order valence-electron chi connectivity index (χ2n) is 9.29. The molecule has 0 saturated heterocycles. The summed E-state index contributed by atoms with van der Waals surface area (Å²) in [6.07, 6.45) is -0.665. The van der Waals surface area contributed by atoms with Gasteiger partial charge < -0.3 is 19.1 Å². The van der Waals surface area contributed by atoms with Crippen LogP contribution in [0.15, 0.2) is 58.1 Å². The summed E-state index contributed by atoms with van der Waals surface area (Å²) in [5, 5.41) is 11.1. The van der Waals surface area contributed by atoms with Crippen LogP contribution in [0.25, 0.3) is 22.2 Å². The van der Waals surface area contributed by atoms with Crippen molar-refractivity contribution in [2.75, 3.05) is 13.7 Å². The van der Waals surface area contributed by atoms with Crippen LogP contribution in [-0.2, 0) is 24.4 Å². The molecule has 8 heteroatoms. The van der Waals surface area contributed by atoms with Gasteiger partial charge in [0.2, 0.25) is 0 Å². The molecule has 3 heterocycles. The molecule has 1 N–H and O–H groups in total. The lowest BCUT2D eigenvalue weighted by Crippen LogP contribution is -2.40. The Kier molecular flexibility index (Phi) is 4.95. The number of phenolic OH excluding ortho intramolecular Hbond substituents is 1. The van der Waals surface area contributed by atoms with Crippen molar-refractivity contribution in [3.63, 3.8) is 0 Å². The lowest BCUT2D eigenvalue weighted by Gasteiger charge is -2.39. The second-order valence-corrected chi connectivity index (χ2v) is 9.29. The third kappa shape index (κ3) is 3.02. The Hall–Kier alpha value is -3.78. The highest BCUT2D eigenvalue weighted by molar-refractivity contribution is 5.97. The fourth-order valence-corrected chi connectivity index (χ4v) is 4.97. The van der Waals surface area contributed by atoms with Crippen LogP contribution in [0.1, 0.15) is 31.2 Å². The highest BCUT2D eigenvalue weighted by Crippen LogP contribution is 2.46. The lowest BCUT2D eigenvalue weighted by molar-refractivity contribution is -0.00798. The zero-order valence-corrected chi connectivity index (χ0v) is 19.8. The predicted molar refractivity (Wildman–Crippen MR) is 130 cm³/mol. The fraction of sp³-hybridized carbons (Fsp3) is 0.308. The predicted octanol–water partition coefficient (Wildman–Crippen LogP) is 3.27. The average molecular weight is 462 g/mol. The summed E-state index contributed by atoms with van der Waals surface area (Å²) in [4.78, 5) is 26.6. The Labute approximate surface area is 196 Å². The van der Waals surface area contributed by atoms with Crippen molar-refractivity contribution in [2.45, 2.75) is 25.5 Å². The fourth-order valence-electron chi connectivity index (χ4n) is 4.97. The topological polar surface area (TPSA) is 87.6 Å². The van der Waals surface area contributed by atoms with Crippen LogP contribution in [-0.4, -0.2) is 32.5 Å². The molecule has 8 nitrogen and oxygen atoms in total. The molecule has 1 aliphatic heterocycles. The number of aryl methyl sites for hydroxylation is 1. The molecule has 5 rings (SSSR count). The molecule has 2 aromatic heterocycles. The maximum absolute atomic E-state index is 13.6. The van der Waals surface area contributed by atoms with Crippen molar-refractivity contribution in [1.82, 2.24) is 13.7 Å². The number of phenols is 1. The molecule has 0 aliphatic carbocycles. The number of rotatable bonds is 3. The molecule has 4 aromatic rings. The van der Waals surface area contributed by atoms with Crippen LogP contribution in [0.4, 0.5) is 0 Å². The quantitative estimate of drug-likeness (QED) is 0.506. The number of hydrogen-bond donors (Lipinski definition) is 1. The van der Waals surface area contributed by atoms with Crippen LogP contribution in [0.2, 0.25) is 0 Å². The van der Waals surface area contributed by atoms with Gasteiger partial charge in [-0.1, -0.05) is 18.2 Å². The van der Waals surface area contributed by atoms with Gasteiger partial charge in [-0.15, -0.1) is 0 Å². The minimum atomic E-state index is -0.665. The zero-order valence-electron chi connectivity index (χ0n) is 19.8. The normalized spacial score (nSPS) is 17.0. The first-order chi connectivity index (χ1) is 16.2. The standard InChI is InChI=1S/C26H27N3O5/c1-26(2)14-34-23(17-8-6-7-9-18(17)30)22-21-19(24(31)28(4)25(32)27(21)3)20(29(22)26)15-10-12-16(33-5)13-11-15/h6-13,23,30H,14H2,1-5H3/t23-/m1/s1. The number of fused-ring (bicyclic) bond motifs is 3. The minimum absolute atomic E-state index is 0.0907. The highest BCUT2D eigenvalue weighted by Gasteiger charge is 2.41. The Morgan fingerprint density at radius 3 is 2.35 bits per heavy atom. The molecule has 0 bridgehead atoms. The summed E-state index contributed by atoms with van der Waals surface area (Å²) in [5.74, 6) is 0.793. The monoisotopic (exact) mass is 461 g/mol. The van der Waals surface area contributed by atoms with Gasteiger partial charge in [0, 0.05) is 19.7 Å². The second kappa shape index (κ2) is 7.63. The first-order valence-electron chi connectivity index (χ1n) is 11.1. The van der Waals surface area contributed by atoms with E-state index < -0.39 is 17.3 Å². The maximum Gasteiger partial charge on any atom is 0.331 e. The summed E-state index contributed by atoms with van der Waals surface area (Å²) in [7, 11) is 4.75. The molecule has 1 aliphatic rings. The van der Waals surface area contributed by atoms with Crippen molar-refractivity contribution in [1.29, 1.82) is 0 Å². The molecular weight excluding hydrogens is 434 g/mol. The smallest absolute Gasteiger partial charge is 0.331 e. The van der Waals surface area contributed by atoms with E-state index in [1.807, 2.05) is 44.2 Å². The largest absolute Gasteiger partial charge is 0.508 e. The number of hydrogen-bond acceptors (Lipinski definition) is 5. The van der Waals surface area contributed by atoms with Gasteiger partial charge in [-0.25, -0.2) is 4.79 Å². The summed E-state index contributed by atoms with van der Waals surface area (Å²) in [5.41, 5.74) is 1.93. The van der Waals surface area contributed by atoms with Gasteiger partial charge in [0.05, 0.1) is 41.5 Å². The van der Waals surface area contributed by atoms with Crippen LogP contribution in [0, 0.1) is 0 Å². The van der Waals surface area contributed by atoms with Gasteiger partial charge in [-0.2, -0.15) is 0 Å². The molecule has 2 aromatic carbocycles. The molecule has 0 radical (unpaired) electrons. The van der Waals surface area contributed by atoms with Gasteiger partial charge in [0.15, 0.2) is 0 Å². The number of ether oxygens (including phenoxy) is 2.